The maximum atomic E-state index is 12.2. The Kier molecular flexibility index (Phi) is 10.5. The third-order valence-corrected chi connectivity index (χ3v) is 5.40. The Labute approximate surface area is 187 Å². The van der Waals surface area contributed by atoms with E-state index in [-0.39, 0.29) is 4.91 Å². The third-order valence-electron chi connectivity index (χ3n) is 4.01. The molecule has 0 spiro atoms. The third kappa shape index (κ3) is 8.12. The molecular formula is C18H24N4O9S. The number of thioether (sulfide) groups is 1. The molecule has 0 bridgehead atoms. The first-order valence-electron chi connectivity index (χ1n) is 9.26. The van der Waals surface area contributed by atoms with Gasteiger partial charge in [-0.15, -0.1) is 11.8 Å². The van der Waals surface area contributed by atoms with Gasteiger partial charge >= 0.3 is 23.9 Å². The van der Waals surface area contributed by atoms with Gasteiger partial charge in [0.2, 0.25) is 5.91 Å². The van der Waals surface area contributed by atoms with Crippen LogP contribution in [0.25, 0.3) is 10.4 Å². The maximum Gasteiger partial charge on any atom is 0.344 e. The molecule has 5 atom stereocenters. The van der Waals surface area contributed by atoms with E-state index >= 15 is 0 Å². The van der Waals surface area contributed by atoms with E-state index in [1.54, 1.807) is 0 Å². The van der Waals surface area contributed by atoms with E-state index in [2.05, 4.69) is 15.3 Å². The quantitative estimate of drug-likeness (QED) is 0.165. The Morgan fingerprint density at radius 2 is 1.75 bits per heavy atom. The average molecular weight is 472 g/mol. The van der Waals surface area contributed by atoms with Crippen LogP contribution in [0.1, 0.15) is 27.7 Å². The first-order chi connectivity index (χ1) is 15.0. The largest absolute Gasteiger partial charge is 0.465 e. The van der Waals surface area contributed by atoms with Gasteiger partial charge in [0, 0.05) is 32.6 Å². The Balaban J connectivity index is 3.57. The number of hydrogen-bond acceptors (Lipinski definition) is 11. The second kappa shape index (κ2) is 12.6. The van der Waals surface area contributed by atoms with E-state index in [4.69, 9.17) is 24.5 Å². The molecule has 0 aromatic carbocycles. The zero-order valence-electron chi connectivity index (χ0n) is 18.1. The van der Waals surface area contributed by atoms with E-state index < -0.39 is 65.9 Å². The lowest BCUT2D eigenvalue weighted by atomic mass is 9.96. The molecule has 1 N–H and O–H groups in total. The van der Waals surface area contributed by atoms with Gasteiger partial charge in [-0.05, 0) is 5.53 Å². The highest BCUT2D eigenvalue weighted by atomic mass is 32.2. The molecule has 1 aliphatic heterocycles. The van der Waals surface area contributed by atoms with Crippen LogP contribution in [0.4, 0.5) is 0 Å². The van der Waals surface area contributed by atoms with Crippen LogP contribution in [0.2, 0.25) is 0 Å². The topological polar surface area (TPSA) is 183 Å². The summed E-state index contributed by atoms with van der Waals surface area (Å²) in [6, 6.07) is -2.06. The van der Waals surface area contributed by atoms with E-state index in [1.807, 2.05) is 0 Å². The van der Waals surface area contributed by atoms with Crippen molar-refractivity contribution < 1.29 is 42.9 Å². The summed E-state index contributed by atoms with van der Waals surface area (Å²) in [6.07, 6.45) is -1.30. The molecule has 0 saturated carbocycles. The number of methoxy groups -OCH3 is 1. The summed E-state index contributed by atoms with van der Waals surface area (Å²) in [5, 5.41) is 5.23. The number of rotatable bonds is 9. The minimum atomic E-state index is -1.32. The number of carbonyl (C=O) groups excluding carboxylic acids is 5. The fourth-order valence-corrected chi connectivity index (χ4v) is 4.35. The highest BCUT2D eigenvalue weighted by molar-refractivity contribution is 8.04. The van der Waals surface area contributed by atoms with Crippen molar-refractivity contribution in [3.63, 3.8) is 0 Å². The first-order valence-corrected chi connectivity index (χ1v) is 10.1. The fraction of sp³-hybridized carbons (Fsp3) is 0.611. The second-order valence-electron chi connectivity index (χ2n) is 6.55. The van der Waals surface area contributed by atoms with Crippen LogP contribution in [0.15, 0.2) is 16.1 Å². The first kappa shape index (κ1) is 26.8. The number of carbonyl (C=O) groups is 5. The fourth-order valence-electron chi connectivity index (χ4n) is 2.92. The zero-order valence-corrected chi connectivity index (χ0v) is 18.9. The molecule has 32 heavy (non-hydrogen) atoms. The Bertz CT molecular complexity index is 840. The van der Waals surface area contributed by atoms with Crippen LogP contribution in [0, 0.1) is 0 Å². The Morgan fingerprint density at radius 1 is 1.12 bits per heavy atom. The Morgan fingerprint density at radius 3 is 2.22 bits per heavy atom. The number of hydrogen-bond donors (Lipinski definition) is 1. The smallest absolute Gasteiger partial charge is 0.344 e. The summed E-state index contributed by atoms with van der Waals surface area (Å²) in [5.41, 5.74) is 8.98. The lowest BCUT2D eigenvalue weighted by Crippen LogP contribution is -2.58. The molecule has 1 heterocycles. The number of azide groups is 1. The number of amides is 1. The standard InChI is InChI=1S/C18H24N4O9S/c1-8(23)20-15-12(21-22-19)6-14(18(27)28-5)32-17(15)16(31-11(4)26)13(30-10(3)25)7-29-9(2)24/h6,12-13,15-17H,7H2,1-5H3,(H,20,23)/t12-,13+,15+,16+,17+/m0/s1. The van der Waals surface area contributed by atoms with Gasteiger partial charge < -0.3 is 24.3 Å². The van der Waals surface area contributed by atoms with Crippen molar-refractivity contribution in [2.45, 2.75) is 57.2 Å². The van der Waals surface area contributed by atoms with Crippen molar-refractivity contribution in [1.29, 1.82) is 0 Å². The highest BCUT2D eigenvalue weighted by Gasteiger charge is 2.46. The molecule has 0 unspecified atom stereocenters. The van der Waals surface area contributed by atoms with E-state index in [9.17, 15) is 24.0 Å². The minimum Gasteiger partial charge on any atom is -0.465 e. The van der Waals surface area contributed by atoms with Crippen LogP contribution in [0.3, 0.4) is 0 Å². The number of nitrogens with one attached hydrogen (secondary N) is 1. The Hall–Kier alpha value is -3.25. The van der Waals surface area contributed by atoms with Crippen LogP contribution in [-0.2, 0) is 42.9 Å². The minimum absolute atomic E-state index is 0.0164. The van der Waals surface area contributed by atoms with E-state index in [1.165, 1.54) is 13.0 Å². The van der Waals surface area contributed by atoms with Crippen molar-refractivity contribution in [3.05, 3.63) is 21.4 Å². The summed E-state index contributed by atoms with van der Waals surface area (Å²) in [5.74, 6) is -3.47. The second-order valence-corrected chi connectivity index (χ2v) is 7.77. The van der Waals surface area contributed by atoms with Crippen molar-refractivity contribution in [1.82, 2.24) is 5.32 Å². The van der Waals surface area contributed by atoms with Crippen molar-refractivity contribution >= 4 is 41.5 Å². The summed E-state index contributed by atoms with van der Waals surface area (Å²) in [7, 11) is 1.15. The maximum absolute atomic E-state index is 12.2. The van der Waals surface area contributed by atoms with Gasteiger partial charge in [0.05, 0.1) is 29.3 Å². The molecule has 13 nitrogen and oxygen atoms in total. The zero-order chi connectivity index (χ0) is 24.4. The van der Waals surface area contributed by atoms with Crippen molar-refractivity contribution in [2.24, 2.45) is 5.11 Å². The van der Waals surface area contributed by atoms with Gasteiger partial charge in [-0.3, -0.25) is 19.2 Å². The molecule has 176 valence electrons. The van der Waals surface area contributed by atoms with Crippen LogP contribution in [0.5, 0.6) is 0 Å². The summed E-state index contributed by atoms with van der Waals surface area (Å²) < 4.78 is 20.3. The lowest BCUT2D eigenvalue weighted by Gasteiger charge is -2.40. The lowest BCUT2D eigenvalue weighted by molar-refractivity contribution is -0.173. The molecule has 1 rings (SSSR count). The molecule has 1 amide bonds. The van der Waals surface area contributed by atoms with Gasteiger partial charge in [-0.1, -0.05) is 11.2 Å². The SMILES string of the molecule is COC(=O)C1=C[C@H](N=[N+]=[N-])[C@@H](NC(C)=O)[C@H]([C@H](OC(C)=O)[C@@H](COC(C)=O)OC(C)=O)S1. The van der Waals surface area contributed by atoms with E-state index in [0.29, 0.717) is 0 Å². The molecule has 0 saturated heterocycles. The average Bonchev–Trinajstić information content (AvgIpc) is 2.69. The monoisotopic (exact) mass is 472 g/mol. The molecule has 0 fully saturated rings. The van der Waals surface area contributed by atoms with Gasteiger partial charge in [0.25, 0.3) is 0 Å². The molecule has 14 heteroatoms. The molecule has 0 radical (unpaired) electrons. The van der Waals surface area contributed by atoms with Crippen molar-refractivity contribution in [2.75, 3.05) is 13.7 Å². The van der Waals surface area contributed by atoms with Crippen LogP contribution < -0.4 is 5.32 Å². The highest BCUT2D eigenvalue weighted by Crippen LogP contribution is 2.38. The summed E-state index contributed by atoms with van der Waals surface area (Å²) in [4.78, 5) is 61.7. The van der Waals surface area contributed by atoms with Gasteiger partial charge in [-0.2, -0.15) is 0 Å². The van der Waals surface area contributed by atoms with Gasteiger partial charge in [0.15, 0.2) is 12.2 Å². The predicted molar refractivity (Wildman–Crippen MR) is 110 cm³/mol. The van der Waals surface area contributed by atoms with Gasteiger partial charge in [-0.25, -0.2) is 4.79 Å². The summed E-state index contributed by atoms with van der Waals surface area (Å²) in [6.45, 7) is 4.09. The normalized spacial score (nSPS) is 21.5. The predicted octanol–water partition coefficient (Wildman–Crippen LogP) is 0.769. The number of esters is 4. The number of ether oxygens (including phenoxy) is 4. The molecule has 1 aliphatic rings. The molecule has 0 aliphatic carbocycles. The van der Waals surface area contributed by atoms with E-state index in [0.717, 1.165) is 39.6 Å². The molecule has 0 aromatic heterocycles. The van der Waals surface area contributed by atoms with Crippen LogP contribution >= 0.6 is 11.8 Å². The van der Waals surface area contributed by atoms with Gasteiger partial charge in [0.1, 0.15) is 6.61 Å². The van der Waals surface area contributed by atoms with Crippen molar-refractivity contribution in [3.8, 4) is 0 Å². The number of nitrogens with zero attached hydrogens (tertiary/aromatic N) is 3. The van der Waals surface area contributed by atoms with Crippen LogP contribution in [-0.4, -0.2) is 73.0 Å². The summed E-state index contributed by atoms with van der Waals surface area (Å²) >= 11 is 0.863. The molecular weight excluding hydrogens is 448 g/mol. The molecule has 0 aromatic rings.